The average Bonchev–Trinajstić information content (AvgIpc) is 2.92. The highest BCUT2D eigenvalue weighted by Gasteiger charge is 2.25. The molecule has 1 aromatic carbocycles. The van der Waals surface area contributed by atoms with E-state index in [4.69, 9.17) is 4.74 Å². The van der Waals surface area contributed by atoms with Crippen LogP contribution in [0.5, 0.6) is 5.75 Å². The molecule has 0 spiro atoms. The lowest BCUT2D eigenvalue weighted by Gasteiger charge is -2.22. The number of ether oxygens (including phenoxy) is 1. The maximum Gasteiger partial charge on any atom is 0.251 e. The third-order valence-corrected chi connectivity index (χ3v) is 3.60. The summed E-state index contributed by atoms with van der Waals surface area (Å²) < 4.78 is 6.73. The van der Waals surface area contributed by atoms with Gasteiger partial charge in [0.05, 0.1) is 19.9 Å². The van der Waals surface area contributed by atoms with Crippen molar-refractivity contribution in [3.05, 3.63) is 47.3 Å². The van der Waals surface area contributed by atoms with Crippen molar-refractivity contribution in [2.75, 3.05) is 13.7 Å². The largest absolute Gasteiger partial charge is 0.497 e. The Morgan fingerprint density at radius 1 is 1.50 bits per heavy atom. The molecule has 0 saturated heterocycles. The van der Waals surface area contributed by atoms with Crippen molar-refractivity contribution < 1.29 is 14.6 Å². The fourth-order valence-electron chi connectivity index (χ4n) is 2.17. The standard InChI is InChI=1S/C16H21N3O3/c1-11-7-13(22-4)5-6-14(11)15(20)17-10-16(2,21)12-8-18-19(3)9-12/h5-9,21H,10H2,1-4H3,(H,17,20). The number of aryl methyl sites for hydroxylation is 2. The molecule has 6 heteroatoms. The highest BCUT2D eigenvalue weighted by molar-refractivity contribution is 5.95. The van der Waals surface area contributed by atoms with Gasteiger partial charge in [-0.1, -0.05) is 0 Å². The van der Waals surface area contributed by atoms with E-state index in [0.717, 1.165) is 5.56 Å². The van der Waals surface area contributed by atoms with Crippen LogP contribution in [0.25, 0.3) is 0 Å². The molecule has 1 unspecified atom stereocenters. The third-order valence-electron chi connectivity index (χ3n) is 3.60. The molecule has 1 aromatic heterocycles. The Morgan fingerprint density at radius 3 is 2.77 bits per heavy atom. The number of amides is 1. The first-order chi connectivity index (χ1) is 10.3. The predicted molar refractivity (Wildman–Crippen MR) is 82.8 cm³/mol. The van der Waals surface area contributed by atoms with Crippen molar-refractivity contribution in [2.24, 2.45) is 7.05 Å². The summed E-state index contributed by atoms with van der Waals surface area (Å²) in [5, 5.41) is 17.2. The number of methoxy groups -OCH3 is 1. The summed E-state index contributed by atoms with van der Waals surface area (Å²) in [6.07, 6.45) is 3.32. The van der Waals surface area contributed by atoms with Gasteiger partial charge in [-0.05, 0) is 37.6 Å². The van der Waals surface area contributed by atoms with Gasteiger partial charge in [-0.2, -0.15) is 5.10 Å². The number of nitrogens with zero attached hydrogens (tertiary/aromatic N) is 2. The molecule has 1 amide bonds. The summed E-state index contributed by atoms with van der Waals surface area (Å²) in [6, 6.07) is 5.25. The van der Waals surface area contributed by atoms with E-state index in [1.54, 1.807) is 56.4 Å². The van der Waals surface area contributed by atoms with Crippen LogP contribution in [-0.2, 0) is 12.6 Å². The van der Waals surface area contributed by atoms with Gasteiger partial charge in [-0.3, -0.25) is 9.48 Å². The number of hydrogen-bond acceptors (Lipinski definition) is 4. The van der Waals surface area contributed by atoms with Crippen molar-refractivity contribution in [3.63, 3.8) is 0 Å². The summed E-state index contributed by atoms with van der Waals surface area (Å²) in [4.78, 5) is 12.3. The first kappa shape index (κ1) is 16.0. The van der Waals surface area contributed by atoms with Gasteiger partial charge < -0.3 is 15.2 Å². The van der Waals surface area contributed by atoms with Crippen LogP contribution in [0.3, 0.4) is 0 Å². The summed E-state index contributed by atoms with van der Waals surface area (Å²) in [5.74, 6) is 0.473. The van der Waals surface area contributed by atoms with E-state index < -0.39 is 5.60 Å². The van der Waals surface area contributed by atoms with Crippen LogP contribution in [0.2, 0.25) is 0 Å². The van der Waals surface area contributed by atoms with Crippen LogP contribution in [0.4, 0.5) is 0 Å². The summed E-state index contributed by atoms with van der Waals surface area (Å²) in [6.45, 7) is 3.59. The zero-order valence-electron chi connectivity index (χ0n) is 13.3. The van der Waals surface area contributed by atoms with Gasteiger partial charge in [-0.15, -0.1) is 0 Å². The number of aromatic nitrogens is 2. The Hall–Kier alpha value is -2.34. The van der Waals surface area contributed by atoms with Gasteiger partial charge >= 0.3 is 0 Å². The molecule has 0 aliphatic rings. The second kappa shape index (κ2) is 6.19. The van der Waals surface area contributed by atoms with Crippen molar-refractivity contribution in [3.8, 4) is 5.75 Å². The monoisotopic (exact) mass is 303 g/mol. The number of benzene rings is 1. The van der Waals surface area contributed by atoms with Crippen molar-refractivity contribution in [2.45, 2.75) is 19.4 Å². The number of hydrogen-bond donors (Lipinski definition) is 2. The molecule has 2 aromatic rings. The topological polar surface area (TPSA) is 76.4 Å². The molecule has 1 atom stereocenters. The lowest BCUT2D eigenvalue weighted by molar-refractivity contribution is 0.0525. The van der Waals surface area contributed by atoms with Crippen LogP contribution in [0, 0.1) is 6.92 Å². The van der Waals surface area contributed by atoms with E-state index in [9.17, 15) is 9.90 Å². The molecule has 2 N–H and O–H groups in total. The molecule has 0 bridgehead atoms. The van der Waals surface area contributed by atoms with Crippen molar-refractivity contribution >= 4 is 5.91 Å². The lowest BCUT2D eigenvalue weighted by Crippen LogP contribution is -2.38. The number of nitrogens with one attached hydrogen (secondary N) is 1. The first-order valence-corrected chi connectivity index (χ1v) is 6.98. The van der Waals surface area contributed by atoms with Crippen molar-refractivity contribution in [1.82, 2.24) is 15.1 Å². The van der Waals surface area contributed by atoms with Crippen LogP contribution >= 0.6 is 0 Å². The maximum atomic E-state index is 12.3. The quantitative estimate of drug-likeness (QED) is 0.875. The minimum Gasteiger partial charge on any atom is -0.497 e. The van der Waals surface area contributed by atoms with Gasteiger partial charge in [0.15, 0.2) is 0 Å². The average molecular weight is 303 g/mol. The van der Waals surface area contributed by atoms with Gasteiger partial charge in [0.2, 0.25) is 0 Å². The van der Waals surface area contributed by atoms with Gasteiger partial charge in [0.25, 0.3) is 5.91 Å². The molecule has 0 saturated carbocycles. The second-order valence-corrected chi connectivity index (χ2v) is 5.54. The maximum absolute atomic E-state index is 12.3. The second-order valence-electron chi connectivity index (χ2n) is 5.54. The molecule has 0 aliphatic heterocycles. The smallest absolute Gasteiger partial charge is 0.251 e. The van der Waals surface area contributed by atoms with E-state index in [1.807, 2.05) is 6.92 Å². The SMILES string of the molecule is COc1ccc(C(=O)NCC(C)(O)c2cnn(C)c2)c(C)c1. The fourth-order valence-corrected chi connectivity index (χ4v) is 2.17. The van der Waals surface area contributed by atoms with Crippen LogP contribution in [-0.4, -0.2) is 34.4 Å². The molecule has 1 heterocycles. The minimum absolute atomic E-state index is 0.100. The summed E-state index contributed by atoms with van der Waals surface area (Å²) in [5.41, 5.74) is 0.854. The Labute approximate surface area is 129 Å². The zero-order valence-corrected chi connectivity index (χ0v) is 13.3. The number of rotatable bonds is 5. The number of carbonyl (C=O) groups is 1. The Bertz CT molecular complexity index is 677. The van der Waals surface area contributed by atoms with E-state index in [0.29, 0.717) is 16.9 Å². The molecule has 0 aliphatic carbocycles. The fraction of sp³-hybridized carbons (Fsp3) is 0.375. The molecule has 118 valence electrons. The van der Waals surface area contributed by atoms with E-state index in [2.05, 4.69) is 10.4 Å². The molecule has 22 heavy (non-hydrogen) atoms. The third kappa shape index (κ3) is 3.46. The van der Waals surface area contributed by atoms with Crippen LogP contribution < -0.4 is 10.1 Å². The van der Waals surface area contributed by atoms with E-state index in [1.165, 1.54) is 0 Å². The van der Waals surface area contributed by atoms with Gasteiger partial charge in [0.1, 0.15) is 11.4 Å². The highest BCUT2D eigenvalue weighted by atomic mass is 16.5. The Kier molecular flexibility index (Phi) is 4.51. The minimum atomic E-state index is -1.18. The zero-order chi connectivity index (χ0) is 16.3. The Morgan fingerprint density at radius 2 is 2.23 bits per heavy atom. The molecular weight excluding hydrogens is 282 g/mol. The molecule has 6 nitrogen and oxygen atoms in total. The lowest BCUT2D eigenvalue weighted by atomic mass is 9.99. The molecule has 0 fully saturated rings. The van der Waals surface area contributed by atoms with Crippen LogP contribution in [0.15, 0.2) is 30.6 Å². The number of aliphatic hydroxyl groups is 1. The highest BCUT2D eigenvalue weighted by Crippen LogP contribution is 2.20. The molecular formula is C16H21N3O3. The predicted octanol–water partition coefficient (Wildman–Crippen LogP) is 1.37. The summed E-state index contributed by atoms with van der Waals surface area (Å²) >= 11 is 0. The summed E-state index contributed by atoms with van der Waals surface area (Å²) in [7, 11) is 3.36. The molecule has 2 rings (SSSR count). The number of carbonyl (C=O) groups excluding carboxylic acids is 1. The van der Waals surface area contributed by atoms with Crippen LogP contribution in [0.1, 0.15) is 28.4 Å². The Balaban J connectivity index is 2.06. The molecule has 0 radical (unpaired) electrons. The van der Waals surface area contributed by atoms with Crippen molar-refractivity contribution in [1.29, 1.82) is 0 Å². The van der Waals surface area contributed by atoms with Gasteiger partial charge in [-0.25, -0.2) is 0 Å². The van der Waals surface area contributed by atoms with Gasteiger partial charge in [0, 0.05) is 24.4 Å². The first-order valence-electron chi connectivity index (χ1n) is 6.98. The normalized spacial score (nSPS) is 13.5. The van der Waals surface area contributed by atoms with E-state index in [-0.39, 0.29) is 12.5 Å². The van der Waals surface area contributed by atoms with E-state index >= 15 is 0 Å².